The lowest BCUT2D eigenvalue weighted by Gasteiger charge is -2.31. The molecule has 0 aromatic carbocycles. The Hall–Kier alpha value is -1.29. The van der Waals surface area contributed by atoms with Gasteiger partial charge in [-0.2, -0.15) is 0 Å². The summed E-state index contributed by atoms with van der Waals surface area (Å²) < 4.78 is 5.67. The van der Waals surface area contributed by atoms with Crippen LogP contribution in [0.3, 0.4) is 0 Å². The molecular formula is C21H36IN5O2. The van der Waals surface area contributed by atoms with E-state index >= 15 is 0 Å². The van der Waals surface area contributed by atoms with Gasteiger partial charge < -0.3 is 20.0 Å². The van der Waals surface area contributed by atoms with Crippen LogP contribution in [0.4, 0.5) is 0 Å². The van der Waals surface area contributed by atoms with Crippen LogP contribution < -0.4 is 10.6 Å². The van der Waals surface area contributed by atoms with Crippen LogP contribution in [0.2, 0.25) is 0 Å². The number of guanidine groups is 1. The molecule has 3 rings (SSSR count). The summed E-state index contributed by atoms with van der Waals surface area (Å²) in [5.74, 6) is 2.57. The summed E-state index contributed by atoms with van der Waals surface area (Å²) in [6.07, 6.45) is 7.06. The number of hydrogen-bond donors (Lipinski definition) is 2. The van der Waals surface area contributed by atoms with Crippen molar-refractivity contribution in [3.63, 3.8) is 0 Å². The molecule has 2 saturated heterocycles. The Kier molecular flexibility index (Phi) is 10.3. The Morgan fingerprint density at radius 3 is 2.72 bits per heavy atom. The molecule has 0 aliphatic carbocycles. The van der Waals surface area contributed by atoms with Crippen LogP contribution in [0.1, 0.15) is 50.8 Å². The number of piperidine rings is 1. The molecule has 0 spiro atoms. The maximum Gasteiger partial charge on any atom is 0.224 e. The molecule has 2 N–H and O–H groups in total. The van der Waals surface area contributed by atoms with E-state index in [2.05, 4.69) is 27.4 Å². The Bertz CT molecular complexity index is 631. The molecule has 2 fully saturated rings. The topological polar surface area (TPSA) is 73.1 Å². The maximum absolute atomic E-state index is 12.4. The third kappa shape index (κ3) is 7.16. The smallest absolute Gasteiger partial charge is 0.224 e. The van der Waals surface area contributed by atoms with Crippen molar-refractivity contribution in [1.29, 1.82) is 0 Å². The number of hydrogen-bond acceptors (Lipinski definition) is 4. The van der Waals surface area contributed by atoms with E-state index in [4.69, 9.17) is 4.42 Å². The van der Waals surface area contributed by atoms with E-state index in [0.29, 0.717) is 18.9 Å². The monoisotopic (exact) mass is 517 g/mol. The van der Waals surface area contributed by atoms with Gasteiger partial charge >= 0.3 is 0 Å². The van der Waals surface area contributed by atoms with Crippen molar-refractivity contribution in [2.24, 2.45) is 10.9 Å². The van der Waals surface area contributed by atoms with Crippen molar-refractivity contribution in [2.45, 2.75) is 45.1 Å². The predicted octanol–water partition coefficient (Wildman–Crippen LogP) is 2.85. The summed E-state index contributed by atoms with van der Waals surface area (Å²) in [6, 6.07) is 4.19. The minimum Gasteiger partial charge on any atom is -0.468 e. The lowest BCUT2D eigenvalue weighted by atomic mass is 10.00. The summed E-state index contributed by atoms with van der Waals surface area (Å²) in [7, 11) is 1.77. The van der Waals surface area contributed by atoms with E-state index in [9.17, 15) is 4.79 Å². The minimum atomic E-state index is 0. The van der Waals surface area contributed by atoms with Gasteiger partial charge in [-0.25, -0.2) is 0 Å². The molecule has 29 heavy (non-hydrogen) atoms. The Labute approximate surface area is 191 Å². The van der Waals surface area contributed by atoms with E-state index < -0.39 is 0 Å². The zero-order valence-corrected chi connectivity index (χ0v) is 20.1. The lowest BCUT2D eigenvalue weighted by molar-refractivity contribution is -0.132. The molecule has 8 heteroatoms. The number of likely N-dealkylation sites (tertiary alicyclic amines) is 2. The van der Waals surface area contributed by atoms with Crippen molar-refractivity contribution < 1.29 is 9.21 Å². The average Bonchev–Trinajstić information content (AvgIpc) is 3.41. The zero-order chi connectivity index (χ0) is 19.8. The van der Waals surface area contributed by atoms with Crippen molar-refractivity contribution in [1.82, 2.24) is 20.4 Å². The standard InChI is InChI=1S/C21H35N5O2.HI/c1-17-7-5-13-26(16-17)20(27)9-10-23-21(22-2)24-15-18(19-8-6-14-28-19)25-11-3-4-12-25;/h6,8,14,17-18H,3-5,7,9-13,15-16H2,1-2H3,(H2,22,23,24);1H. The number of amides is 1. The van der Waals surface area contributed by atoms with Crippen LogP contribution in [-0.2, 0) is 4.79 Å². The number of carbonyl (C=O) groups is 1. The molecule has 2 aliphatic heterocycles. The highest BCUT2D eigenvalue weighted by atomic mass is 127. The molecule has 2 unspecified atom stereocenters. The second kappa shape index (κ2) is 12.4. The number of nitrogens with zero attached hydrogens (tertiary/aromatic N) is 3. The van der Waals surface area contributed by atoms with Crippen molar-refractivity contribution in [3.8, 4) is 0 Å². The summed E-state index contributed by atoms with van der Waals surface area (Å²) in [6.45, 7) is 7.54. The van der Waals surface area contributed by atoms with Crippen LogP contribution in [0.15, 0.2) is 27.8 Å². The van der Waals surface area contributed by atoms with Crippen LogP contribution in [-0.4, -0.2) is 68.0 Å². The second-order valence-electron chi connectivity index (χ2n) is 7.99. The molecular weight excluding hydrogens is 481 g/mol. The van der Waals surface area contributed by atoms with E-state index in [1.807, 2.05) is 17.0 Å². The van der Waals surface area contributed by atoms with E-state index in [1.165, 1.54) is 19.3 Å². The van der Waals surface area contributed by atoms with E-state index in [0.717, 1.165) is 50.9 Å². The Morgan fingerprint density at radius 2 is 2.07 bits per heavy atom. The fraction of sp³-hybridized carbons (Fsp3) is 0.714. The molecule has 1 amide bonds. The molecule has 2 atom stereocenters. The van der Waals surface area contributed by atoms with Crippen LogP contribution >= 0.6 is 24.0 Å². The van der Waals surface area contributed by atoms with Crippen LogP contribution in [0.25, 0.3) is 0 Å². The number of furan rings is 1. The highest BCUT2D eigenvalue weighted by Crippen LogP contribution is 2.24. The summed E-state index contributed by atoms with van der Waals surface area (Å²) in [5.41, 5.74) is 0. The SMILES string of the molecule is CN=C(NCCC(=O)N1CCCC(C)C1)NCC(c1ccco1)N1CCCC1.I. The van der Waals surface area contributed by atoms with Gasteiger partial charge in [-0.15, -0.1) is 24.0 Å². The van der Waals surface area contributed by atoms with Gasteiger partial charge in [0.1, 0.15) is 5.76 Å². The van der Waals surface area contributed by atoms with Gasteiger partial charge in [-0.3, -0.25) is 14.7 Å². The summed E-state index contributed by atoms with van der Waals surface area (Å²) >= 11 is 0. The lowest BCUT2D eigenvalue weighted by Crippen LogP contribution is -2.44. The number of carbonyl (C=O) groups excluding carboxylic acids is 1. The zero-order valence-electron chi connectivity index (χ0n) is 17.7. The Morgan fingerprint density at radius 1 is 1.28 bits per heavy atom. The first-order valence-corrected chi connectivity index (χ1v) is 10.7. The Balaban J connectivity index is 0.00000300. The molecule has 0 bridgehead atoms. The van der Waals surface area contributed by atoms with Crippen molar-refractivity contribution >= 4 is 35.8 Å². The summed E-state index contributed by atoms with van der Waals surface area (Å²) in [4.78, 5) is 21.2. The maximum atomic E-state index is 12.4. The van der Waals surface area contributed by atoms with Crippen LogP contribution in [0, 0.1) is 5.92 Å². The van der Waals surface area contributed by atoms with Crippen molar-refractivity contribution in [2.75, 3.05) is 46.3 Å². The van der Waals surface area contributed by atoms with Gasteiger partial charge in [0.05, 0.1) is 12.3 Å². The highest BCUT2D eigenvalue weighted by Gasteiger charge is 2.25. The first kappa shape index (κ1) is 24.0. The molecule has 1 aromatic heterocycles. The fourth-order valence-corrected chi connectivity index (χ4v) is 4.22. The van der Waals surface area contributed by atoms with Gasteiger partial charge in [0.15, 0.2) is 5.96 Å². The summed E-state index contributed by atoms with van der Waals surface area (Å²) in [5, 5.41) is 6.69. The molecule has 0 saturated carbocycles. The quantitative estimate of drug-likeness (QED) is 0.331. The first-order valence-electron chi connectivity index (χ1n) is 10.7. The number of aliphatic imine (C=N–C) groups is 1. The number of halogens is 1. The molecule has 164 valence electrons. The van der Waals surface area contributed by atoms with Gasteiger partial charge in [0, 0.05) is 39.6 Å². The third-order valence-corrected chi connectivity index (χ3v) is 5.78. The normalized spacial score (nSPS) is 21.5. The minimum absolute atomic E-state index is 0. The van der Waals surface area contributed by atoms with E-state index in [1.54, 1.807) is 13.3 Å². The molecule has 2 aliphatic rings. The second-order valence-corrected chi connectivity index (χ2v) is 7.99. The van der Waals surface area contributed by atoms with Gasteiger partial charge in [0.25, 0.3) is 0 Å². The van der Waals surface area contributed by atoms with Crippen molar-refractivity contribution in [3.05, 3.63) is 24.2 Å². The molecule has 7 nitrogen and oxygen atoms in total. The molecule has 0 radical (unpaired) electrons. The third-order valence-electron chi connectivity index (χ3n) is 5.78. The largest absolute Gasteiger partial charge is 0.468 e. The molecule has 1 aromatic rings. The van der Waals surface area contributed by atoms with Gasteiger partial charge in [-0.1, -0.05) is 6.92 Å². The number of rotatable bonds is 7. The van der Waals surface area contributed by atoms with E-state index in [-0.39, 0.29) is 35.9 Å². The number of nitrogens with one attached hydrogen (secondary N) is 2. The predicted molar refractivity (Wildman–Crippen MR) is 127 cm³/mol. The van der Waals surface area contributed by atoms with Gasteiger partial charge in [0.2, 0.25) is 5.91 Å². The fourth-order valence-electron chi connectivity index (χ4n) is 4.22. The van der Waals surface area contributed by atoms with Gasteiger partial charge in [-0.05, 0) is 56.8 Å². The molecule has 3 heterocycles. The average molecular weight is 517 g/mol. The highest BCUT2D eigenvalue weighted by molar-refractivity contribution is 14.0. The van der Waals surface area contributed by atoms with Crippen LogP contribution in [0.5, 0.6) is 0 Å². The first-order chi connectivity index (χ1) is 13.7.